The van der Waals surface area contributed by atoms with Crippen LogP contribution in [0.2, 0.25) is 5.02 Å². The molecule has 0 radical (unpaired) electrons. The Labute approximate surface area is 95.6 Å². The fourth-order valence-corrected chi connectivity index (χ4v) is 1.40. The Morgan fingerprint density at radius 3 is 2.40 bits per heavy atom. The summed E-state index contributed by atoms with van der Waals surface area (Å²) in [4.78, 5) is 0. The molecule has 3 heteroatoms. The van der Waals surface area contributed by atoms with Crippen LogP contribution in [0.1, 0.15) is 19.4 Å². The molecular formula is C12H17ClFN. The molecule has 0 amide bonds. The van der Waals surface area contributed by atoms with E-state index in [1.165, 1.54) is 5.56 Å². The van der Waals surface area contributed by atoms with Gasteiger partial charge in [0.1, 0.15) is 5.67 Å². The Morgan fingerprint density at radius 1 is 1.27 bits per heavy atom. The molecule has 1 aromatic carbocycles. The maximum atomic E-state index is 13.1. The van der Waals surface area contributed by atoms with Gasteiger partial charge in [-0.2, -0.15) is 0 Å². The summed E-state index contributed by atoms with van der Waals surface area (Å²) in [6.45, 7) is 4.32. The standard InChI is InChI=1S/C12H17ClFN/c1-12(2,14)9-15-8-7-10-3-5-11(13)6-4-10/h3-6,15H,7-9H2,1-2H3. The maximum absolute atomic E-state index is 13.1. The summed E-state index contributed by atoms with van der Waals surface area (Å²) in [5.74, 6) is 0. The van der Waals surface area contributed by atoms with E-state index in [9.17, 15) is 4.39 Å². The number of rotatable bonds is 5. The average molecular weight is 230 g/mol. The summed E-state index contributed by atoms with van der Waals surface area (Å²) >= 11 is 5.77. The van der Waals surface area contributed by atoms with Crippen molar-refractivity contribution in [3.8, 4) is 0 Å². The molecular weight excluding hydrogens is 213 g/mol. The fourth-order valence-electron chi connectivity index (χ4n) is 1.27. The van der Waals surface area contributed by atoms with Crippen LogP contribution in [0.25, 0.3) is 0 Å². The summed E-state index contributed by atoms with van der Waals surface area (Å²) in [6, 6.07) is 7.72. The lowest BCUT2D eigenvalue weighted by atomic mass is 10.1. The van der Waals surface area contributed by atoms with E-state index in [1.807, 2.05) is 24.3 Å². The normalized spacial score (nSPS) is 11.7. The SMILES string of the molecule is CC(C)(F)CNCCc1ccc(Cl)cc1. The van der Waals surface area contributed by atoms with E-state index in [0.29, 0.717) is 6.54 Å². The van der Waals surface area contributed by atoms with Gasteiger partial charge in [0, 0.05) is 11.6 Å². The highest BCUT2D eigenvalue weighted by Crippen LogP contribution is 2.10. The van der Waals surface area contributed by atoms with Crippen LogP contribution >= 0.6 is 11.6 Å². The second kappa shape index (κ2) is 5.47. The van der Waals surface area contributed by atoms with Crippen molar-refractivity contribution in [3.05, 3.63) is 34.9 Å². The van der Waals surface area contributed by atoms with E-state index in [-0.39, 0.29) is 0 Å². The molecule has 1 aromatic rings. The Kier molecular flexibility index (Phi) is 4.55. The first-order valence-electron chi connectivity index (χ1n) is 5.11. The van der Waals surface area contributed by atoms with Crippen molar-refractivity contribution in [1.82, 2.24) is 5.32 Å². The Morgan fingerprint density at radius 2 is 1.87 bits per heavy atom. The molecule has 0 aliphatic heterocycles. The zero-order chi connectivity index (χ0) is 11.3. The molecule has 0 aliphatic rings. The largest absolute Gasteiger partial charge is 0.313 e. The highest BCUT2D eigenvalue weighted by atomic mass is 35.5. The summed E-state index contributed by atoms with van der Waals surface area (Å²) in [7, 11) is 0. The topological polar surface area (TPSA) is 12.0 Å². The molecule has 0 bridgehead atoms. The Bertz CT molecular complexity index is 289. The molecule has 0 atom stereocenters. The lowest BCUT2D eigenvalue weighted by Crippen LogP contribution is -2.32. The molecule has 15 heavy (non-hydrogen) atoms. The van der Waals surface area contributed by atoms with Crippen LogP contribution in [0.15, 0.2) is 24.3 Å². The van der Waals surface area contributed by atoms with E-state index < -0.39 is 5.67 Å². The third kappa shape index (κ3) is 5.75. The summed E-state index contributed by atoms with van der Waals surface area (Å²) in [6.07, 6.45) is 0.896. The van der Waals surface area contributed by atoms with E-state index >= 15 is 0 Å². The third-order valence-corrected chi connectivity index (χ3v) is 2.30. The first-order chi connectivity index (χ1) is 6.97. The van der Waals surface area contributed by atoms with Gasteiger partial charge < -0.3 is 5.32 Å². The van der Waals surface area contributed by atoms with Gasteiger partial charge in [0.05, 0.1) is 0 Å². The summed E-state index contributed by atoms with van der Waals surface area (Å²) < 4.78 is 13.1. The summed E-state index contributed by atoms with van der Waals surface area (Å²) in [5.41, 5.74) is 0.0727. The van der Waals surface area contributed by atoms with Crippen molar-refractivity contribution < 1.29 is 4.39 Å². The van der Waals surface area contributed by atoms with Gasteiger partial charge in [0.15, 0.2) is 0 Å². The lowest BCUT2D eigenvalue weighted by Gasteiger charge is -2.14. The molecule has 0 saturated carbocycles. The fraction of sp³-hybridized carbons (Fsp3) is 0.500. The monoisotopic (exact) mass is 229 g/mol. The predicted octanol–water partition coefficient (Wildman–Crippen LogP) is 3.22. The molecule has 0 saturated heterocycles. The van der Waals surface area contributed by atoms with Crippen LogP contribution in [0, 0.1) is 0 Å². The van der Waals surface area contributed by atoms with Crippen LogP contribution in [0.3, 0.4) is 0 Å². The van der Waals surface area contributed by atoms with E-state index in [4.69, 9.17) is 11.6 Å². The third-order valence-electron chi connectivity index (χ3n) is 2.05. The van der Waals surface area contributed by atoms with Gasteiger partial charge in [-0.1, -0.05) is 23.7 Å². The minimum absolute atomic E-state index is 0.389. The van der Waals surface area contributed by atoms with E-state index in [0.717, 1.165) is 18.0 Å². The first kappa shape index (κ1) is 12.5. The molecule has 0 spiro atoms. The van der Waals surface area contributed by atoms with Crippen LogP contribution in [0.4, 0.5) is 4.39 Å². The number of hydrogen-bond acceptors (Lipinski definition) is 1. The van der Waals surface area contributed by atoms with Crippen molar-refractivity contribution in [2.45, 2.75) is 25.9 Å². The van der Waals surface area contributed by atoms with Crippen molar-refractivity contribution in [2.24, 2.45) is 0 Å². The minimum Gasteiger partial charge on any atom is -0.313 e. The number of hydrogen-bond donors (Lipinski definition) is 1. The Hall–Kier alpha value is -0.600. The quantitative estimate of drug-likeness (QED) is 0.765. The van der Waals surface area contributed by atoms with Crippen LogP contribution in [-0.2, 0) is 6.42 Å². The van der Waals surface area contributed by atoms with Gasteiger partial charge in [0.25, 0.3) is 0 Å². The molecule has 0 aromatic heterocycles. The van der Waals surface area contributed by atoms with Gasteiger partial charge in [-0.15, -0.1) is 0 Å². The van der Waals surface area contributed by atoms with E-state index in [2.05, 4.69) is 5.32 Å². The lowest BCUT2D eigenvalue weighted by molar-refractivity contribution is 0.211. The van der Waals surface area contributed by atoms with Crippen LogP contribution in [0.5, 0.6) is 0 Å². The van der Waals surface area contributed by atoms with Crippen LogP contribution in [-0.4, -0.2) is 18.8 Å². The second-order valence-electron chi connectivity index (χ2n) is 4.27. The molecule has 0 heterocycles. The Balaban J connectivity index is 2.23. The number of benzene rings is 1. The van der Waals surface area contributed by atoms with Crippen molar-refractivity contribution in [3.63, 3.8) is 0 Å². The highest BCUT2D eigenvalue weighted by Gasteiger charge is 2.13. The maximum Gasteiger partial charge on any atom is 0.117 e. The summed E-state index contributed by atoms with van der Waals surface area (Å²) in [5, 5.41) is 3.83. The molecule has 0 aliphatic carbocycles. The average Bonchev–Trinajstić information content (AvgIpc) is 2.14. The zero-order valence-corrected chi connectivity index (χ0v) is 9.94. The molecule has 0 fully saturated rings. The van der Waals surface area contributed by atoms with E-state index in [1.54, 1.807) is 13.8 Å². The second-order valence-corrected chi connectivity index (χ2v) is 4.71. The number of alkyl halides is 1. The predicted molar refractivity (Wildman–Crippen MR) is 63.2 cm³/mol. The van der Waals surface area contributed by atoms with Gasteiger partial charge >= 0.3 is 0 Å². The number of halogens is 2. The van der Waals surface area contributed by atoms with Crippen molar-refractivity contribution >= 4 is 11.6 Å². The van der Waals surface area contributed by atoms with Gasteiger partial charge in [-0.3, -0.25) is 0 Å². The van der Waals surface area contributed by atoms with Gasteiger partial charge in [-0.25, -0.2) is 4.39 Å². The number of nitrogens with one attached hydrogen (secondary N) is 1. The smallest absolute Gasteiger partial charge is 0.117 e. The highest BCUT2D eigenvalue weighted by molar-refractivity contribution is 6.30. The molecule has 1 nitrogen and oxygen atoms in total. The van der Waals surface area contributed by atoms with Crippen molar-refractivity contribution in [1.29, 1.82) is 0 Å². The minimum atomic E-state index is -1.14. The van der Waals surface area contributed by atoms with Gasteiger partial charge in [-0.05, 0) is 44.5 Å². The first-order valence-corrected chi connectivity index (χ1v) is 5.49. The van der Waals surface area contributed by atoms with Crippen LogP contribution < -0.4 is 5.32 Å². The van der Waals surface area contributed by atoms with Gasteiger partial charge in [0.2, 0.25) is 0 Å². The molecule has 84 valence electrons. The zero-order valence-electron chi connectivity index (χ0n) is 9.19. The molecule has 0 unspecified atom stereocenters. The molecule has 1 N–H and O–H groups in total. The molecule has 1 rings (SSSR count). The van der Waals surface area contributed by atoms with Crippen molar-refractivity contribution in [2.75, 3.05) is 13.1 Å².